The summed E-state index contributed by atoms with van der Waals surface area (Å²) in [5.74, 6) is 0.0488. The molecule has 2 aromatic heterocycles. The van der Waals surface area contributed by atoms with Gasteiger partial charge in [-0.15, -0.1) is 0 Å². The van der Waals surface area contributed by atoms with E-state index in [9.17, 15) is 9.59 Å². The van der Waals surface area contributed by atoms with E-state index in [1.807, 2.05) is 54.3 Å². The highest BCUT2D eigenvalue weighted by Crippen LogP contribution is 2.26. The maximum atomic E-state index is 13.5. The maximum Gasteiger partial charge on any atom is 0.254 e. The molecule has 2 amide bonds. The molecular formula is C24H27N5O2. The molecule has 1 saturated heterocycles. The number of benzene rings is 1. The Bertz CT molecular complexity index is 1060. The predicted octanol–water partition coefficient (Wildman–Crippen LogP) is 2.58. The highest BCUT2D eigenvalue weighted by Gasteiger charge is 2.25. The van der Waals surface area contributed by atoms with Gasteiger partial charge in [-0.2, -0.15) is 0 Å². The van der Waals surface area contributed by atoms with Crippen molar-refractivity contribution in [2.45, 2.75) is 13.3 Å². The zero-order valence-corrected chi connectivity index (χ0v) is 17.8. The first kappa shape index (κ1) is 20.9. The van der Waals surface area contributed by atoms with E-state index in [4.69, 9.17) is 4.98 Å². The number of fused-ring (bicyclic) bond motifs is 1. The van der Waals surface area contributed by atoms with Gasteiger partial charge in [0, 0.05) is 56.1 Å². The highest BCUT2D eigenvalue weighted by molar-refractivity contribution is 6.07. The second kappa shape index (κ2) is 9.66. The Kier molecular flexibility index (Phi) is 6.52. The number of piperazine rings is 1. The van der Waals surface area contributed by atoms with E-state index < -0.39 is 0 Å². The Morgan fingerprint density at radius 1 is 1.03 bits per heavy atom. The summed E-state index contributed by atoms with van der Waals surface area (Å²) in [5.41, 5.74) is 3.14. The van der Waals surface area contributed by atoms with Crippen LogP contribution >= 0.6 is 0 Å². The molecular weight excluding hydrogens is 390 g/mol. The molecule has 0 atom stereocenters. The van der Waals surface area contributed by atoms with E-state index in [0.29, 0.717) is 44.8 Å². The average Bonchev–Trinajstić information content (AvgIpc) is 2.82. The Hall–Kier alpha value is -3.32. The first-order chi connectivity index (χ1) is 15.2. The summed E-state index contributed by atoms with van der Waals surface area (Å²) in [4.78, 5) is 38.2. The minimum absolute atomic E-state index is 0.00370. The fourth-order valence-electron chi connectivity index (χ4n) is 3.83. The van der Waals surface area contributed by atoms with Crippen LogP contribution in [0, 0.1) is 0 Å². The number of pyridine rings is 2. The Labute approximate surface area is 182 Å². The van der Waals surface area contributed by atoms with Crippen LogP contribution in [0.25, 0.3) is 22.2 Å². The minimum Gasteiger partial charge on any atom is -0.355 e. The number of nitrogens with zero attached hydrogens (tertiary/aromatic N) is 4. The summed E-state index contributed by atoms with van der Waals surface area (Å²) in [6.07, 6.45) is 4.38. The van der Waals surface area contributed by atoms with Crippen LogP contribution in [0.2, 0.25) is 0 Å². The predicted molar refractivity (Wildman–Crippen MR) is 121 cm³/mol. The largest absolute Gasteiger partial charge is 0.355 e. The van der Waals surface area contributed by atoms with Gasteiger partial charge in [-0.05, 0) is 30.7 Å². The second-order valence-corrected chi connectivity index (χ2v) is 7.73. The molecule has 3 aromatic rings. The molecule has 1 N–H and O–H groups in total. The van der Waals surface area contributed by atoms with Gasteiger partial charge in [0.1, 0.15) is 0 Å². The van der Waals surface area contributed by atoms with E-state index in [1.165, 1.54) is 0 Å². The first-order valence-electron chi connectivity index (χ1n) is 10.7. The quantitative estimate of drug-likeness (QED) is 0.667. The molecule has 160 valence electrons. The third-order valence-electron chi connectivity index (χ3n) is 5.52. The van der Waals surface area contributed by atoms with E-state index >= 15 is 0 Å². The lowest BCUT2D eigenvalue weighted by atomic mass is 10.0. The topological polar surface area (TPSA) is 78.4 Å². The van der Waals surface area contributed by atoms with E-state index in [1.54, 1.807) is 12.4 Å². The van der Waals surface area contributed by atoms with Crippen molar-refractivity contribution >= 4 is 22.7 Å². The molecule has 1 fully saturated rings. The van der Waals surface area contributed by atoms with Crippen LogP contribution in [0.1, 0.15) is 23.7 Å². The van der Waals surface area contributed by atoms with Gasteiger partial charge in [-0.3, -0.25) is 19.5 Å². The van der Waals surface area contributed by atoms with Crippen LogP contribution in [-0.2, 0) is 4.79 Å². The highest BCUT2D eigenvalue weighted by atomic mass is 16.2. The molecule has 0 radical (unpaired) electrons. The van der Waals surface area contributed by atoms with Crippen molar-refractivity contribution in [2.75, 3.05) is 39.3 Å². The van der Waals surface area contributed by atoms with Crippen molar-refractivity contribution in [3.05, 3.63) is 60.4 Å². The molecule has 4 rings (SSSR count). The zero-order valence-electron chi connectivity index (χ0n) is 17.8. The number of rotatable bonds is 6. The van der Waals surface area contributed by atoms with E-state index in [2.05, 4.69) is 15.2 Å². The number of para-hydroxylation sites is 1. The number of aromatic nitrogens is 2. The molecule has 1 aromatic carbocycles. The van der Waals surface area contributed by atoms with Crippen LogP contribution in [-0.4, -0.2) is 70.9 Å². The van der Waals surface area contributed by atoms with Gasteiger partial charge < -0.3 is 10.2 Å². The molecule has 7 heteroatoms. The third-order valence-corrected chi connectivity index (χ3v) is 5.52. The smallest absolute Gasteiger partial charge is 0.254 e. The van der Waals surface area contributed by atoms with Crippen molar-refractivity contribution < 1.29 is 9.59 Å². The molecule has 0 aliphatic carbocycles. The van der Waals surface area contributed by atoms with Crippen LogP contribution in [0.5, 0.6) is 0 Å². The van der Waals surface area contributed by atoms with Crippen LogP contribution < -0.4 is 5.32 Å². The van der Waals surface area contributed by atoms with Gasteiger partial charge in [-0.25, -0.2) is 4.98 Å². The van der Waals surface area contributed by atoms with Crippen molar-refractivity contribution in [1.29, 1.82) is 0 Å². The van der Waals surface area contributed by atoms with Gasteiger partial charge in [0.2, 0.25) is 5.91 Å². The number of carbonyl (C=O) groups excluding carboxylic acids is 2. The van der Waals surface area contributed by atoms with Crippen molar-refractivity contribution in [1.82, 2.24) is 25.1 Å². The van der Waals surface area contributed by atoms with Gasteiger partial charge >= 0.3 is 0 Å². The van der Waals surface area contributed by atoms with Crippen molar-refractivity contribution in [2.24, 2.45) is 0 Å². The summed E-state index contributed by atoms with van der Waals surface area (Å²) < 4.78 is 0. The number of amides is 2. The standard InChI is InChI=1S/C24H27N5O2/c1-2-9-26-23(30)17-28-12-14-29(15-13-28)24(31)20-16-22(18-7-10-25-11-8-18)27-21-6-4-3-5-19(20)21/h3-8,10-11,16H,2,9,12-15,17H2,1H3,(H,26,30). The normalized spacial score (nSPS) is 14.5. The van der Waals surface area contributed by atoms with Gasteiger partial charge in [0.15, 0.2) is 0 Å². The maximum absolute atomic E-state index is 13.5. The molecule has 31 heavy (non-hydrogen) atoms. The lowest BCUT2D eigenvalue weighted by Gasteiger charge is -2.34. The summed E-state index contributed by atoms with van der Waals surface area (Å²) in [5, 5.41) is 3.76. The van der Waals surface area contributed by atoms with Gasteiger partial charge in [0.25, 0.3) is 5.91 Å². The average molecular weight is 418 g/mol. The van der Waals surface area contributed by atoms with E-state index in [-0.39, 0.29) is 11.8 Å². The molecule has 0 saturated carbocycles. The minimum atomic E-state index is 0.00370. The molecule has 1 aliphatic rings. The summed E-state index contributed by atoms with van der Waals surface area (Å²) >= 11 is 0. The Morgan fingerprint density at radius 3 is 2.52 bits per heavy atom. The molecule has 1 aliphatic heterocycles. The monoisotopic (exact) mass is 417 g/mol. The van der Waals surface area contributed by atoms with E-state index in [0.717, 1.165) is 28.6 Å². The fraction of sp³-hybridized carbons (Fsp3) is 0.333. The summed E-state index contributed by atoms with van der Waals surface area (Å²) in [7, 11) is 0. The van der Waals surface area contributed by atoms with Gasteiger partial charge in [0.05, 0.1) is 23.3 Å². The van der Waals surface area contributed by atoms with Crippen molar-refractivity contribution in [3.63, 3.8) is 0 Å². The van der Waals surface area contributed by atoms with Crippen LogP contribution in [0.3, 0.4) is 0 Å². The molecule has 0 spiro atoms. The van der Waals surface area contributed by atoms with Crippen LogP contribution in [0.15, 0.2) is 54.9 Å². The zero-order chi connectivity index (χ0) is 21.6. The summed E-state index contributed by atoms with van der Waals surface area (Å²) in [6, 6.07) is 13.4. The fourth-order valence-corrected chi connectivity index (χ4v) is 3.83. The Morgan fingerprint density at radius 2 is 1.77 bits per heavy atom. The third kappa shape index (κ3) is 4.88. The number of hydrogen-bond donors (Lipinski definition) is 1. The lowest BCUT2D eigenvalue weighted by Crippen LogP contribution is -2.51. The number of nitrogens with one attached hydrogen (secondary N) is 1. The SMILES string of the molecule is CCCNC(=O)CN1CCN(C(=O)c2cc(-c3ccncc3)nc3ccccc23)CC1. The Balaban J connectivity index is 1.52. The number of carbonyl (C=O) groups is 2. The summed E-state index contributed by atoms with van der Waals surface area (Å²) in [6.45, 7) is 5.69. The molecule has 3 heterocycles. The van der Waals surface area contributed by atoms with Crippen LogP contribution in [0.4, 0.5) is 0 Å². The molecule has 0 bridgehead atoms. The lowest BCUT2D eigenvalue weighted by molar-refractivity contribution is -0.122. The number of hydrogen-bond acceptors (Lipinski definition) is 5. The van der Waals surface area contributed by atoms with Crippen molar-refractivity contribution in [3.8, 4) is 11.3 Å². The van der Waals surface area contributed by atoms with Gasteiger partial charge in [-0.1, -0.05) is 25.1 Å². The molecule has 7 nitrogen and oxygen atoms in total. The molecule has 0 unspecified atom stereocenters. The second-order valence-electron chi connectivity index (χ2n) is 7.73. The first-order valence-corrected chi connectivity index (χ1v) is 10.7.